The summed E-state index contributed by atoms with van der Waals surface area (Å²) < 4.78 is 13.3. The molecular weight excluding hydrogens is 428 g/mol. The highest BCUT2D eigenvalue weighted by molar-refractivity contribution is 6.99. The lowest BCUT2D eigenvalue weighted by molar-refractivity contribution is -0.168. The van der Waals surface area contributed by atoms with Crippen LogP contribution in [0.15, 0.2) is 60.7 Å². The van der Waals surface area contributed by atoms with Crippen molar-refractivity contribution in [2.75, 3.05) is 0 Å². The monoisotopic (exact) mass is 462 g/mol. The van der Waals surface area contributed by atoms with Gasteiger partial charge in [0.1, 0.15) is 11.4 Å². The lowest BCUT2D eigenvalue weighted by Gasteiger charge is -2.49. The first-order chi connectivity index (χ1) is 15.6. The van der Waals surface area contributed by atoms with Crippen molar-refractivity contribution in [1.29, 1.82) is 0 Å². The molecule has 174 valence electrons. The average Bonchev–Trinajstić information content (AvgIpc) is 3.31. The summed E-state index contributed by atoms with van der Waals surface area (Å²) in [5, 5.41) is 2.38. The van der Waals surface area contributed by atoms with Crippen molar-refractivity contribution in [3.05, 3.63) is 60.7 Å². The molecule has 3 aliphatic rings. The van der Waals surface area contributed by atoms with Gasteiger partial charge in [0, 0.05) is 30.6 Å². The molecular formula is C28H34O4Si. The Morgan fingerprint density at radius 3 is 2.03 bits per heavy atom. The summed E-state index contributed by atoms with van der Waals surface area (Å²) in [6.45, 7) is 10.5. The van der Waals surface area contributed by atoms with Gasteiger partial charge in [0.15, 0.2) is 0 Å². The van der Waals surface area contributed by atoms with E-state index in [4.69, 9.17) is 9.16 Å². The van der Waals surface area contributed by atoms with Crippen LogP contribution in [0.2, 0.25) is 5.04 Å². The summed E-state index contributed by atoms with van der Waals surface area (Å²) in [5.41, 5.74) is -0.913. The van der Waals surface area contributed by atoms with Crippen molar-refractivity contribution in [2.24, 2.45) is 17.3 Å². The average molecular weight is 463 g/mol. The zero-order valence-corrected chi connectivity index (χ0v) is 21.3. The van der Waals surface area contributed by atoms with E-state index in [0.717, 1.165) is 6.42 Å². The van der Waals surface area contributed by atoms with E-state index in [1.807, 2.05) is 0 Å². The maximum Gasteiger partial charge on any atom is 0.303 e. The van der Waals surface area contributed by atoms with Crippen LogP contribution in [-0.2, 0) is 18.8 Å². The number of carbonyl (C=O) groups is 2. The van der Waals surface area contributed by atoms with Gasteiger partial charge in [-0.15, -0.1) is 0 Å². The third kappa shape index (κ3) is 3.12. The number of hydrogen-bond acceptors (Lipinski definition) is 4. The number of Topliss-reactive ketones (excluding diaryl/α,β-unsaturated/α-hetero) is 1. The van der Waals surface area contributed by atoms with Crippen LogP contribution < -0.4 is 10.4 Å². The van der Waals surface area contributed by atoms with E-state index in [-0.39, 0.29) is 40.1 Å². The van der Waals surface area contributed by atoms with E-state index in [0.29, 0.717) is 12.8 Å². The van der Waals surface area contributed by atoms with Gasteiger partial charge in [-0.05, 0) is 28.3 Å². The summed E-state index contributed by atoms with van der Waals surface area (Å²) in [7, 11) is -2.72. The van der Waals surface area contributed by atoms with Gasteiger partial charge in [-0.3, -0.25) is 9.59 Å². The smallest absolute Gasteiger partial charge is 0.303 e. The Bertz CT molecular complexity index is 1040. The van der Waals surface area contributed by atoms with Gasteiger partial charge in [0.2, 0.25) is 0 Å². The minimum atomic E-state index is -2.72. The molecule has 3 saturated carbocycles. The van der Waals surface area contributed by atoms with Crippen molar-refractivity contribution in [2.45, 2.75) is 70.6 Å². The first-order valence-corrected chi connectivity index (χ1v) is 14.0. The van der Waals surface area contributed by atoms with E-state index < -0.39 is 13.9 Å². The highest BCUT2D eigenvalue weighted by Crippen LogP contribution is 2.76. The molecule has 0 saturated heterocycles. The van der Waals surface area contributed by atoms with Gasteiger partial charge in [0.25, 0.3) is 8.32 Å². The van der Waals surface area contributed by atoms with Gasteiger partial charge in [-0.1, -0.05) is 88.4 Å². The summed E-state index contributed by atoms with van der Waals surface area (Å²) in [6.07, 6.45) is 1.81. The molecule has 3 aliphatic carbocycles. The number of carbonyl (C=O) groups excluding carboxylic acids is 2. The molecule has 0 spiro atoms. The van der Waals surface area contributed by atoms with Gasteiger partial charge in [-0.2, -0.15) is 0 Å². The van der Waals surface area contributed by atoms with Gasteiger partial charge >= 0.3 is 5.97 Å². The van der Waals surface area contributed by atoms with Gasteiger partial charge in [0.05, 0.1) is 6.10 Å². The molecule has 0 heterocycles. The third-order valence-electron chi connectivity index (χ3n) is 8.56. The van der Waals surface area contributed by atoms with Crippen LogP contribution in [0, 0.1) is 17.3 Å². The predicted octanol–water partition coefficient (Wildman–Crippen LogP) is 4.25. The quantitative estimate of drug-likeness (QED) is 0.492. The molecule has 2 aromatic carbocycles. The maximum atomic E-state index is 13.0. The minimum Gasteiger partial charge on any atom is -0.458 e. The van der Waals surface area contributed by atoms with Crippen LogP contribution in [0.1, 0.15) is 53.9 Å². The second kappa shape index (κ2) is 7.38. The zero-order valence-electron chi connectivity index (χ0n) is 20.3. The topological polar surface area (TPSA) is 52.6 Å². The van der Waals surface area contributed by atoms with Crippen molar-refractivity contribution in [3.63, 3.8) is 0 Å². The number of esters is 1. The molecule has 0 N–H and O–H groups in total. The Labute approximate surface area is 197 Å². The Morgan fingerprint density at radius 1 is 1.00 bits per heavy atom. The zero-order chi connectivity index (χ0) is 23.6. The van der Waals surface area contributed by atoms with Crippen molar-refractivity contribution in [3.8, 4) is 0 Å². The maximum absolute atomic E-state index is 13.0. The molecule has 4 nitrogen and oxygen atoms in total. The summed E-state index contributed by atoms with van der Waals surface area (Å²) in [6, 6.07) is 21.3. The second-order valence-corrected chi connectivity index (χ2v) is 15.7. The fourth-order valence-corrected chi connectivity index (χ4v) is 12.1. The van der Waals surface area contributed by atoms with E-state index in [1.54, 1.807) is 0 Å². The molecule has 0 bridgehead atoms. The number of ether oxygens (including phenoxy) is 1. The Kier molecular flexibility index (Phi) is 5.04. The van der Waals surface area contributed by atoms with E-state index in [9.17, 15) is 9.59 Å². The Balaban J connectivity index is 1.60. The molecule has 0 amide bonds. The van der Waals surface area contributed by atoms with Crippen LogP contribution in [0.5, 0.6) is 0 Å². The lowest BCUT2D eigenvalue weighted by Crippen LogP contribution is -2.69. The molecule has 0 aliphatic heterocycles. The highest BCUT2D eigenvalue weighted by Gasteiger charge is 2.82. The molecule has 0 radical (unpaired) electrons. The largest absolute Gasteiger partial charge is 0.458 e. The number of fused-ring (bicyclic) bond motifs is 1. The fourth-order valence-electron chi connectivity index (χ4n) is 7.31. The number of ketones is 1. The lowest BCUT2D eigenvalue weighted by atomic mass is 9.74. The van der Waals surface area contributed by atoms with Crippen LogP contribution >= 0.6 is 0 Å². The number of rotatable bonds is 5. The van der Waals surface area contributed by atoms with Crippen molar-refractivity contribution >= 4 is 30.4 Å². The molecule has 5 heteroatoms. The molecule has 33 heavy (non-hydrogen) atoms. The van der Waals surface area contributed by atoms with Crippen LogP contribution in [-0.4, -0.2) is 31.8 Å². The van der Waals surface area contributed by atoms with Gasteiger partial charge in [-0.25, -0.2) is 0 Å². The predicted molar refractivity (Wildman–Crippen MR) is 131 cm³/mol. The van der Waals surface area contributed by atoms with E-state index >= 15 is 0 Å². The molecule has 3 fully saturated rings. The van der Waals surface area contributed by atoms with Crippen molar-refractivity contribution in [1.82, 2.24) is 0 Å². The SMILES string of the molecule is CC(=O)O[C@@]12CC[C@H](O[Si](c3ccccc3)(c3ccccc3)C(C)(C)C)[C@@]3(C)C(C(=O)C1)[C@H]23. The second-order valence-electron chi connectivity index (χ2n) is 11.4. The fraction of sp³-hybridized carbons (Fsp3) is 0.500. The highest BCUT2D eigenvalue weighted by atomic mass is 28.4. The van der Waals surface area contributed by atoms with E-state index in [1.165, 1.54) is 17.3 Å². The van der Waals surface area contributed by atoms with Crippen LogP contribution in [0.25, 0.3) is 0 Å². The van der Waals surface area contributed by atoms with Crippen molar-refractivity contribution < 1.29 is 18.8 Å². The molecule has 2 aromatic rings. The normalized spacial score (nSPS) is 32.9. The van der Waals surface area contributed by atoms with Gasteiger partial charge < -0.3 is 9.16 Å². The van der Waals surface area contributed by atoms with Crippen LogP contribution in [0.4, 0.5) is 0 Å². The standard InChI is InChI=1S/C28H34O4Si/c1-19(29)31-28-17-16-23(27(5)24(25(27)28)22(30)18-28)32-33(26(2,3)4,20-12-8-6-9-13-20)21-14-10-7-11-15-21/h6-15,23-25H,16-18H2,1-5H3/t23-,24?,25-,27-,28-/m0/s1. The first-order valence-electron chi connectivity index (χ1n) is 12.1. The summed E-state index contributed by atoms with van der Waals surface area (Å²) in [4.78, 5) is 25.0. The molecule has 5 rings (SSSR count). The number of benzene rings is 2. The summed E-state index contributed by atoms with van der Waals surface area (Å²) >= 11 is 0. The third-order valence-corrected chi connectivity index (χ3v) is 13.6. The van der Waals surface area contributed by atoms with E-state index in [2.05, 4.69) is 88.4 Å². The molecule has 1 unspecified atom stereocenters. The molecule has 5 atom stereocenters. The first kappa shape index (κ1) is 22.5. The minimum absolute atomic E-state index is 0.0493. The molecule has 0 aromatic heterocycles. The Morgan fingerprint density at radius 2 is 1.55 bits per heavy atom. The number of hydrogen-bond donors (Lipinski definition) is 0. The Hall–Kier alpha value is -2.24. The van der Waals surface area contributed by atoms with Crippen LogP contribution in [0.3, 0.4) is 0 Å². The summed E-state index contributed by atoms with van der Waals surface area (Å²) in [5.74, 6) is -0.0514.